The van der Waals surface area contributed by atoms with Gasteiger partial charge in [0.2, 0.25) is 5.95 Å². The number of fused-ring (bicyclic) bond motifs is 4. The lowest BCUT2D eigenvalue weighted by molar-refractivity contribution is 1.02. The fourth-order valence-corrected chi connectivity index (χ4v) is 8.74. The summed E-state index contributed by atoms with van der Waals surface area (Å²) in [5, 5.41) is 4.27. The third-order valence-electron chi connectivity index (χ3n) is 7.36. The van der Waals surface area contributed by atoms with Crippen molar-refractivity contribution in [2.75, 3.05) is 4.90 Å². The summed E-state index contributed by atoms with van der Waals surface area (Å²) in [5.41, 5.74) is 5.64. The van der Waals surface area contributed by atoms with Crippen LogP contribution in [0, 0.1) is 0 Å². The second kappa shape index (κ2) is 8.44. The predicted molar refractivity (Wildman–Crippen MR) is 158 cm³/mol. The van der Waals surface area contributed by atoms with Gasteiger partial charge in [-0.2, -0.15) is 9.97 Å². The summed E-state index contributed by atoms with van der Waals surface area (Å²) in [7, 11) is -0.620. The lowest BCUT2D eigenvalue weighted by atomic mass is 9.92. The SMILES string of the molecule is C1=CC2=[P+]3c4ccccc4N(c4nc(-c5ccccc5)nc(-c5ccccc5)n4)c4cccc(c43)C2C=C1. The monoisotopic (exact) mass is 505 g/mol. The van der Waals surface area contributed by atoms with Crippen LogP contribution in [0.1, 0.15) is 11.5 Å². The predicted octanol–water partition coefficient (Wildman–Crippen LogP) is 6.82. The zero-order valence-electron chi connectivity index (χ0n) is 20.4. The summed E-state index contributed by atoms with van der Waals surface area (Å²) in [5.74, 6) is 2.30. The van der Waals surface area contributed by atoms with Gasteiger partial charge in [-0.25, -0.2) is 4.98 Å². The number of aromatic nitrogens is 3. The maximum absolute atomic E-state index is 5.09. The number of benzene rings is 4. The molecule has 2 atom stereocenters. The third kappa shape index (κ3) is 3.17. The molecule has 0 fully saturated rings. The van der Waals surface area contributed by atoms with Gasteiger partial charge < -0.3 is 0 Å². The highest BCUT2D eigenvalue weighted by Crippen LogP contribution is 2.52. The molecule has 8 rings (SSSR count). The van der Waals surface area contributed by atoms with E-state index in [9.17, 15) is 0 Å². The molecule has 3 aliphatic rings. The smallest absolute Gasteiger partial charge is 0.239 e. The summed E-state index contributed by atoms with van der Waals surface area (Å²) in [4.78, 5) is 17.4. The number of allylic oxidation sites excluding steroid dienone is 4. The standard InChI is InChI=1S/C33H22N4P/c1-3-12-22(13-4-1)31-34-32(23-14-5-2-6-15-23)36-33(35-31)37-26-18-8-10-21-29(26)38-28-20-9-7-16-24(28)25-17-11-19-27(37)30(25)38/h1-21,24H/q+1. The molecule has 5 heteroatoms. The van der Waals surface area contributed by atoms with Crippen LogP contribution in [0.4, 0.5) is 17.3 Å². The van der Waals surface area contributed by atoms with Gasteiger partial charge in [0.05, 0.1) is 17.3 Å². The number of hydrogen-bond acceptors (Lipinski definition) is 4. The van der Waals surface area contributed by atoms with Gasteiger partial charge in [-0.15, -0.1) is 0 Å². The highest BCUT2D eigenvalue weighted by molar-refractivity contribution is 7.75. The van der Waals surface area contributed by atoms with Crippen molar-refractivity contribution in [2.24, 2.45) is 0 Å². The molecule has 0 bridgehead atoms. The van der Waals surface area contributed by atoms with Crippen LogP contribution in [0.5, 0.6) is 0 Å². The molecule has 0 N–H and O–H groups in total. The molecule has 1 aromatic heterocycles. The molecule has 4 nitrogen and oxygen atoms in total. The molecule has 0 saturated carbocycles. The average Bonchev–Trinajstić information content (AvgIpc) is 3.34. The number of rotatable bonds is 3. The summed E-state index contributed by atoms with van der Waals surface area (Å²) in [6.07, 6.45) is 9.02. The summed E-state index contributed by atoms with van der Waals surface area (Å²) >= 11 is 0. The van der Waals surface area contributed by atoms with Gasteiger partial charge in [0.15, 0.2) is 29.8 Å². The molecule has 3 heterocycles. The molecule has 38 heavy (non-hydrogen) atoms. The number of hydrogen-bond donors (Lipinski definition) is 0. The highest BCUT2D eigenvalue weighted by Gasteiger charge is 2.48. The van der Waals surface area contributed by atoms with Crippen LogP contribution in [-0.2, 0) is 0 Å². The average molecular weight is 506 g/mol. The van der Waals surface area contributed by atoms with E-state index in [1.807, 2.05) is 36.4 Å². The van der Waals surface area contributed by atoms with Crippen LogP contribution in [0.3, 0.4) is 0 Å². The summed E-state index contributed by atoms with van der Waals surface area (Å²) in [6, 6.07) is 35.8. The van der Waals surface area contributed by atoms with Gasteiger partial charge >= 0.3 is 0 Å². The molecule has 5 aromatic rings. The molecule has 0 saturated heterocycles. The topological polar surface area (TPSA) is 41.9 Å². The lowest BCUT2D eigenvalue weighted by Gasteiger charge is -2.28. The maximum atomic E-state index is 5.09. The fraction of sp³-hybridized carbons (Fsp3) is 0.0303. The van der Waals surface area contributed by atoms with Crippen LogP contribution >= 0.6 is 7.55 Å². The largest absolute Gasteiger partial charge is 0.270 e. The Kier molecular flexibility index (Phi) is 4.76. The first-order valence-corrected chi connectivity index (χ1v) is 14.1. The van der Waals surface area contributed by atoms with E-state index in [1.165, 1.54) is 27.2 Å². The summed E-state index contributed by atoms with van der Waals surface area (Å²) in [6.45, 7) is 0. The van der Waals surface area contributed by atoms with Crippen molar-refractivity contribution in [3.8, 4) is 22.8 Å². The zero-order chi connectivity index (χ0) is 25.1. The minimum absolute atomic E-state index is 0.326. The van der Waals surface area contributed by atoms with E-state index in [-0.39, 0.29) is 0 Å². The molecule has 2 unspecified atom stereocenters. The van der Waals surface area contributed by atoms with E-state index >= 15 is 0 Å². The van der Waals surface area contributed by atoms with Crippen LogP contribution in [-0.4, -0.2) is 20.2 Å². The van der Waals surface area contributed by atoms with E-state index in [0.717, 1.165) is 16.8 Å². The van der Waals surface area contributed by atoms with E-state index in [2.05, 4.69) is 95.9 Å². The van der Waals surface area contributed by atoms with E-state index < -0.39 is 7.55 Å². The minimum atomic E-state index is -0.620. The Morgan fingerprint density at radius 3 is 2.00 bits per heavy atom. The zero-order valence-corrected chi connectivity index (χ0v) is 21.3. The van der Waals surface area contributed by atoms with Crippen molar-refractivity contribution in [3.63, 3.8) is 0 Å². The van der Waals surface area contributed by atoms with E-state index in [1.54, 1.807) is 0 Å². The first kappa shape index (κ1) is 21.4. The van der Waals surface area contributed by atoms with Gasteiger partial charge in [-0.1, -0.05) is 103 Å². The Labute approximate surface area is 222 Å². The Morgan fingerprint density at radius 1 is 0.605 bits per heavy atom. The molecule has 0 amide bonds. The van der Waals surface area contributed by atoms with Crippen molar-refractivity contribution >= 4 is 40.8 Å². The molecule has 0 spiro atoms. The fourth-order valence-electron chi connectivity index (χ4n) is 5.71. The first-order valence-electron chi connectivity index (χ1n) is 12.8. The summed E-state index contributed by atoms with van der Waals surface area (Å²) < 4.78 is 0. The molecule has 0 radical (unpaired) electrons. The van der Waals surface area contributed by atoms with Crippen molar-refractivity contribution in [1.29, 1.82) is 0 Å². The molecule has 178 valence electrons. The minimum Gasteiger partial charge on any atom is -0.270 e. The van der Waals surface area contributed by atoms with Gasteiger partial charge in [0, 0.05) is 16.7 Å². The molecule has 1 aliphatic carbocycles. The van der Waals surface area contributed by atoms with Crippen LogP contribution in [0.2, 0.25) is 0 Å². The molecule has 2 aliphatic heterocycles. The molecule has 4 aromatic carbocycles. The Hall–Kier alpha value is -4.66. The normalized spacial score (nSPS) is 17.3. The Morgan fingerprint density at radius 2 is 1.26 bits per heavy atom. The van der Waals surface area contributed by atoms with Gasteiger partial charge in [0.1, 0.15) is 5.29 Å². The number of para-hydroxylation sites is 1. The van der Waals surface area contributed by atoms with Gasteiger partial charge in [-0.05, 0) is 24.3 Å². The molecular formula is C33H22N4P+. The Balaban J connectivity index is 1.42. The Bertz CT molecular complexity index is 1770. The van der Waals surface area contributed by atoms with Crippen LogP contribution in [0.15, 0.2) is 127 Å². The van der Waals surface area contributed by atoms with E-state index in [0.29, 0.717) is 23.5 Å². The number of anilines is 3. The highest BCUT2D eigenvalue weighted by atomic mass is 31.1. The van der Waals surface area contributed by atoms with Crippen molar-refractivity contribution < 1.29 is 0 Å². The maximum Gasteiger partial charge on any atom is 0.239 e. The molecular weight excluding hydrogens is 483 g/mol. The second-order valence-corrected chi connectivity index (χ2v) is 11.7. The number of nitrogens with zero attached hydrogens (tertiary/aromatic N) is 4. The quantitative estimate of drug-likeness (QED) is 0.248. The first-order chi connectivity index (χ1) is 18.9. The van der Waals surface area contributed by atoms with Crippen LogP contribution < -0.4 is 15.5 Å². The lowest BCUT2D eigenvalue weighted by Crippen LogP contribution is -2.30. The van der Waals surface area contributed by atoms with Crippen molar-refractivity contribution in [2.45, 2.75) is 5.92 Å². The van der Waals surface area contributed by atoms with Gasteiger partial charge in [-0.3, -0.25) is 4.90 Å². The van der Waals surface area contributed by atoms with E-state index in [4.69, 9.17) is 15.0 Å². The van der Waals surface area contributed by atoms with Crippen LogP contribution in [0.25, 0.3) is 22.8 Å². The van der Waals surface area contributed by atoms with Crippen molar-refractivity contribution in [1.82, 2.24) is 15.0 Å². The van der Waals surface area contributed by atoms with Crippen molar-refractivity contribution in [3.05, 3.63) is 133 Å². The van der Waals surface area contributed by atoms with Gasteiger partial charge in [0.25, 0.3) is 0 Å². The second-order valence-electron chi connectivity index (χ2n) is 9.54. The third-order valence-corrected chi connectivity index (χ3v) is 10.1.